The van der Waals surface area contributed by atoms with E-state index < -0.39 is 0 Å². The van der Waals surface area contributed by atoms with E-state index >= 15 is 0 Å². The number of nitrogens with one attached hydrogen (secondary N) is 1. The molecule has 0 aromatic heterocycles. The second kappa shape index (κ2) is 7.14. The summed E-state index contributed by atoms with van der Waals surface area (Å²) >= 11 is 1.85. The SMILES string of the molecule is CCNCc1ccc(SCC2(CC(=O)OC)CC2)cc1. The number of rotatable bonds is 8. The highest BCUT2D eigenvalue weighted by molar-refractivity contribution is 7.99. The van der Waals surface area contributed by atoms with Gasteiger partial charge in [0.1, 0.15) is 0 Å². The number of esters is 1. The normalized spacial score (nSPS) is 15.9. The van der Waals surface area contributed by atoms with Crippen LogP contribution in [-0.2, 0) is 16.1 Å². The first-order valence-corrected chi connectivity index (χ1v) is 8.15. The van der Waals surface area contributed by atoms with Crippen molar-refractivity contribution in [3.05, 3.63) is 29.8 Å². The van der Waals surface area contributed by atoms with E-state index in [9.17, 15) is 4.79 Å². The second-order valence-electron chi connectivity index (χ2n) is 5.47. The summed E-state index contributed by atoms with van der Waals surface area (Å²) in [5.74, 6) is 0.929. The largest absolute Gasteiger partial charge is 0.469 e. The van der Waals surface area contributed by atoms with Crippen molar-refractivity contribution >= 4 is 17.7 Å². The van der Waals surface area contributed by atoms with Crippen molar-refractivity contribution in [3.8, 4) is 0 Å². The molecule has 1 aromatic rings. The number of methoxy groups -OCH3 is 1. The molecular weight excluding hydrogens is 270 g/mol. The summed E-state index contributed by atoms with van der Waals surface area (Å²) in [6.07, 6.45) is 2.86. The Kier molecular flexibility index (Phi) is 5.49. The number of hydrogen-bond donors (Lipinski definition) is 1. The van der Waals surface area contributed by atoms with Crippen molar-refractivity contribution in [3.63, 3.8) is 0 Å². The predicted octanol–water partition coefficient (Wildman–Crippen LogP) is 3.23. The van der Waals surface area contributed by atoms with Crippen LogP contribution in [0.15, 0.2) is 29.2 Å². The Bertz CT molecular complexity index is 440. The smallest absolute Gasteiger partial charge is 0.306 e. The molecule has 2 rings (SSSR count). The van der Waals surface area contributed by atoms with Gasteiger partial charge in [-0.15, -0.1) is 11.8 Å². The molecule has 3 nitrogen and oxygen atoms in total. The molecule has 1 aliphatic rings. The molecule has 110 valence electrons. The first-order chi connectivity index (χ1) is 9.67. The minimum atomic E-state index is -0.0795. The third kappa shape index (κ3) is 4.53. The van der Waals surface area contributed by atoms with Gasteiger partial charge in [-0.05, 0) is 42.5 Å². The summed E-state index contributed by atoms with van der Waals surface area (Å²) in [4.78, 5) is 12.7. The molecule has 1 aliphatic carbocycles. The Balaban J connectivity index is 1.80. The molecule has 1 fully saturated rings. The average molecular weight is 293 g/mol. The minimum Gasteiger partial charge on any atom is -0.469 e. The van der Waals surface area contributed by atoms with Gasteiger partial charge in [0.25, 0.3) is 0 Å². The van der Waals surface area contributed by atoms with Crippen LogP contribution >= 0.6 is 11.8 Å². The number of ether oxygens (including phenoxy) is 1. The Labute approximate surface area is 125 Å². The summed E-state index contributed by atoms with van der Waals surface area (Å²) in [5.41, 5.74) is 1.51. The first-order valence-electron chi connectivity index (χ1n) is 7.17. The van der Waals surface area contributed by atoms with E-state index in [1.165, 1.54) is 17.6 Å². The highest BCUT2D eigenvalue weighted by Gasteiger charge is 2.44. The molecule has 1 saturated carbocycles. The summed E-state index contributed by atoms with van der Waals surface area (Å²) < 4.78 is 4.78. The summed E-state index contributed by atoms with van der Waals surface area (Å²) in [7, 11) is 1.47. The van der Waals surface area contributed by atoms with Gasteiger partial charge >= 0.3 is 5.97 Å². The van der Waals surface area contributed by atoms with E-state index in [1.54, 1.807) is 0 Å². The zero-order valence-electron chi connectivity index (χ0n) is 12.3. The Morgan fingerprint density at radius 3 is 2.60 bits per heavy atom. The number of carbonyl (C=O) groups excluding carboxylic acids is 1. The Hall–Kier alpha value is -1.00. The lowest BCUT2D eigenvalue weighted by atomic mass is 10.1. The fourth-order valence-electron chi connectivity index (χ4n) is 2.14. The number of hydrogen-bond acceptors (Lipinski definition) is 4. The quantitative estimate of drug-likeness (QED) is 0.590. The van der Waals surface area contributed by atoms with Gasteiger partial charge in [0.2, 0.25) is 0 Å². The van der Waals surface area contributed by atoms with Gasteiger partial charge in [-0.2, -0.15) is 0 Å². The van der Waals surface area contributed by atoms with E-state index in [-0.39, 0.29) is 11.4 Å². The molecule has 0 amide bonds. The fourth-order valence-corrected chi connectivity index (χ4v) is 3.33. The zero-order valence-corrected chi connectivity index (χ0v) is 13.1. The van der Waals surface area contributed by atoms with Crippen LogP contribution in [0.25, 0.3) is 0 Å². The van der Waals surface area contributed by atoms with Crippen molar-refractivity contribution in [2.45, 2.75) is 37.6 Å². The lowest BCUT2D eigenvalue weighted by Crippen LogP contribution is -2.13. The predicted molar refractivity (Wildman–Crippen MR) is 82.8 cm³/mol. The van der Waals surface area contributed by atoms with Crippen molar-refractivity contribution < 1.29 is 9.53 Å². The van der Waals surface area contributed by atoms with Gasteiger partial charge < -0.3 is 10.1 Å². The molecule has 0 unspecified atom stereocenters. The maximum atomic E-state index is 11.4. The molecule has 0 atom stereocenters. The lowest BCUT2D eigenvalue weighted by Gasteiger charge is -2.13. The second-order valence-corrected chi connectivity index (χ2v) is 6.51. The van der Waals surface area contributed by atoms with Gasteiger partial charge in [0.15, 0.2) is 0 Å². The van der Waals surface area contributed by atoms with Crippen LogP contribution in [0.2, 0.25) is 0 Å². The van der Waals surface area contributed by atoms with Gasteiger partial charge in [-0.25, -0.2) is 0 Å². The van der Waals surface area contributed by atoms with Crippen molar-refractivity contribution in [2.24, 2.45) is 5.41 Å². The molecule has 0 radical (unpaired) electrons. The number of thioether (sulfide) groups is 1. The fraction of sp³-hybridized carbons (Fsp3) is 0.562. The molecule has 1 N–H and O–H groups in total. The van der Waals surface area contributed by atoms with Gasteiger partial charge in [-0.3, -0.25) is 4.79 Å². The van der Waals surface area contributed by atoms with Crippen LogP contribution < -0.4 is 5.32 Å². The molecule has 20 heavy (non-hydrogen) atoms. The topological polar surface area (TPSA) is 38.3 Å². The highest BCUT2D eigenvalue weighted by Crippen LogP contribution is 2.52. The number of benzene rings is 1. The van der Waals surface area contributed by atoms with Crippen LogP contribution in [0.1, 0.15) is 31.7 Å². The van der Waals surface area contributed by atoms with Crippen molar-refractivity contribution in [1.82, 2.24) is 5.32 Å². The third-order valence-electron chi connectivity index (χ3n) is 3.75. The summed E-state index contributed by atoms with van der Waals surface area (Å²) in [6.45, 7) is 4.03. The van der Waals surface area contributed by atoms with Gasteiger partial charge in [0.05, 0.1) is 13.5 Å². The molecule has 0 saturated heterocycles. The minimum absolute atomic E-state index is 0.0795. The van der Waals surface area contributed by atoms with Crippen molar-refractivity contribution in [1.29, 1.82) is 0 Å². The molecule has 0 aliphatic heterocycles. The molecule has 0 spiro atoms. The highest BCUT2D eigenvalue weighted by atomic mass is 32.2. The monoisotopic (exact) mass is 293 g/mol. The van der Waals surface area contributed by atoms with E-state index in [1.807, 2.05) is 11.8 Å². The van der Waals surface area contributed by atoms with Crippen LogP contribution in [0.5, 0.6) is 0 Å². The van der Waals surface area contributed by atoms with Crippen LogP contribution in [0, 0.1) is 5.41 Å². The summed E-state index contributed by atoms with van der Waals surface area (Å²) in [6, 6.07) is 8.69. The van der Waals surface area contributed by atoms with Crippen LogP contribution in [-0.4, -0.2) is 25.4 Å². The van der Waals surface area contributed by atoms with E-state index in [0.29, 0.717) is 6.42 Å². The number of carbonyl (C=O) groups is 1. The maximum absolute atomic E-state index is 11.4. The van der Waals surface area contributed by atoms with Crippen LogP contribution in [0.3, 0.4) is 0 Å². The average Bonchev–Trinajstić information content (AvgIpc) is 3.24. The van der Waals surface area contributed by atoms with E-state index in [0.717, 1.165) is 31.7 Å². The van der Waals surface area contributed by atoms with Gasteiger partial charge in [0, 0.05) is 17.2 Å². The molecule has 1 aromatic carbocycles. The Morgan fingerprint density at radius 1 is 1.35 bits per heavy atom. The lowest BCUT2D eigenvalue weighted by molar-refractivity contribution is -0.141. The van der Waals surface area contributed by atoms with Gasteiger partial charge in [-0.1, -0.05) is 19.1 Å². The Morgan fingerprint density at radius 2 is 2.05 bits per heavy atom. The standard InChI is InChI=1S/C16H23NO2S/c1-3-17-11-13-4-6-14(7-5-13)20-12-16(8-9-16)10-15(18)19-2/h4-7,17H,3,8-12H2,1-2H3. The third-order valence-corrected chi connectivity index (χ3v) is 5.11. The summed E-state index contributed by atoms with van der Waals surface area (Å²) in [5, 5.41) is 3.32. The first kappa shape index (κ1) is 15.4. The van der Waals surface area contributed by atoms with Crippen molar-refractivity contribution in [2.75, 3.05) is 19.4 Å². The molecular formula is C16H23NO2S. The molecule has 0 heterocycles. The zero-order chi connectivity index (χ0) is 14.4. The molecule has 0 bridgehead atoms. The van der Waals surface area contributed by atoms with E-state index in [4.69, 9.17) is 4.74 Å². The maximum Gasteiger partial charge on any atom is 0.306 e. The van der Waals surface area contributed by atoms with Crippen LogP contribution in [0.4, 0.5) is 0 Å². The molecule has 4 heteroatoms. The van der Waals surface area contributed by atoms with E-state index in [2.05, 4.69) is 36.5 Å².